The quantitative estimate of drug-likeness (QED) is 0.405. The number of aryl methyl sites for hydroxylation is 1. The summed E-state index contributed by atoms with van der Waals surface area (Å²) in [4.78, 5) is 23.2. The predicted molar refractivity (Wildman–Crippen MR) is 119 cm³/mol. The van der Waals surface area contributed by atoms with Gasteiger partial charge >= 0.3 is 12.2 Å². The molecule has 0 aliphatic carbocycles. The van der Waals surface area contributed by atoms with Crippen molar-refractivity contribution in [2.24, 2.45) is 0 Å². The van der Waals surface area contributed by atoms with Gasteiger partial charge < -0.3 is 9.72 Å². The number of fused-ring (bicyclic) bond motifs is 1. The minimum Gasteiger partial charge on any atom is -0.456 e. The summed E-state index contributed by atoms with van der Waals surface area (Å²) in [6.45, 7) is 2.53. The number of H-pyrrole nitrogens is 1. The molecule has 0 atom stereocenters. The zero-order chi connectivity index (χ0) is 23.2. The summed E-state index contributed by atoms with van der Waals surface area (Å²) < 4.78 is 45.3. The lowest BCUT2D eigenvalue weighted by molar-refractivity contribution is -0.137. The van der Waals surface area contributed by atoms with Crippen molar-refractivity contribution < 1.29 is 22.7 Å². The van der Waals surface area contributed by atoms with E-state index >= 15 is 0 Å². The van der Waals surface area contributed by atoms with Crippen molar-refractivity contribution >= 4 is 28.4 Å². The largest absolute Gasteiger partial charge is 0.456 e. The summed E-state index contributed by atoms with van der Waals surface area (Å²) >= 11 is 0. The molecule has 1 saturated heterocycles. The number of urea groups is 1. The van der Waals surface area contributed by atoms with Gasteiger partial charge in [-0.15, -0.1) is 0 Å². The first-order valence-corrected chi connectivity index (χ1v) is 10.3. The molecule has 0 spiro atoms. The molecule has 168 valence electrons. The standard InChI is InChI=1S/C24H19F3N4O2/c1-15-13-18(5-6-20(15)33-21-8-10-29-22-19(21)7-9-28-22)31-12-11-30(23(31)32)17-4-2-3-16(14-17)24(25,26)27/h2-10,13-14H,11-12H2,1H3,(H,28,29). The fourth-order valence-corrected chi connectivity index (χ4v) is 3.93. The number of ether oxygens (including phenoxy) is 1. The number of amides is 2. The Balaban J connectivity index is 1.37. The molecule has 0 saturated carbocycles. The Bertz CT molecular complexity index is 1350. The van der Waals surface area contributed by atoms with Crippen molar-refractivity contribution in [2.45, 2.75) is 13.1 Å². The summed E-state index contributed by atoms with van der Waals surface area (Å²) in [5, 5.41) is 0.854. The highest BCUT2D eigenvalue weighted by Crippen LogP contribution is 2.35. The number of pyridine rings is 1. The summed E-state index contributed by atoms with van der Waals surface area (Å²) in [5.41, 5.74) is 1.64. The fourth-order valence-electron chi connectivity index (χ4n) is 3.93. The number of halogens is 3. The lowest BCUT2D eigenvalue weighted by Crippen LogP contribution is -2.31. The molecule has 0 unspecified atom stereocenters. The maximum absolute atomic E-state index is 13.1. The molecule has 1 N–H and O–H groups in total. The lowest BCUT2D eigenvalue weighted by atomic mass is 10.2. The zero-order valence-electron chi connectivity index (χ0n) is 17.6. The molecule has 0 radical (unpaired) electrons. The van der Waals surface area contributed by atoms with Gasteiger partial charge in [0, 0.05) is 36.9 Å². The first-order valence-electron chi connectivity index (χ1n) is 10.3. The van der Waals surface area contributed by atoms with E-state index in [1.165, 1.54) is 17.0 Å². The maximum atomic E-state index is 13.1. The van der Waals surface area contributed by atoms with Crippen LogP contribution in [0.25, 0.3) is 11.0 Å². The second kappa shape index (κ2) is 7.84. The van der Waals surface area contributed by atoms with Crippen LogP contribution in [0.15, 0.2) is 67.0 Å². The van der Waals surface area contributed by atoms with Gasteiger partial charge in [-0.2, -0.15) is 13.2 Å². The molecule has 1 aliphatic heterocycles. The van der Waals surface area contributed by atoms with Crippen LogP contribution in [0.5, 0.6) is 11.5 Å². The molecular formula is C24H19F3N4O2. The highest BCUT2D eigenvalue weighted by atomic mass is 19.4. The van der Waals surface area contributed by atoms with Gasteiger partial charge in [0.2, 0.25) is 0 Å². The Morgan fingerprint density at radius 1 is 0.970 bits per heavy atom. The van der Waals surface area contributed by atoms with E-state index in [2.05, 4.69) is 9.97 Å². The first-order chi connectivity index (χ1) is 15.8. The molecule has 2 aromatic carbocycles. The summed E-state index contributed by atoms with van der Waals surface area (Å²) in [7, 11) is 0. The Hall–Kier alpha value is -4.01. The number of benzene rings is 2. The monoisotopic (exact) mass is 452 g/mol. The second-order valence-electron chi connectivity index (χ2n) is 7.73. The van der Waals surface area contributed by atoms with E-state index in [1.807, 2.05) is 19.1 Å². The molecule has 9 heteroatoms. The molecule has 1 aliphatic rings. The van der Waals surface area contributed by atoms with Crippen LogP contribution in [-0.4, -0.2) is 29.1 Å². The molecule has 5 rings (SSSR count). The fraction of sp³-hybridized carbons (Fsp3) is 0.167. The highest BCUT2D eigenvalue weighted by Gasteiger charge is 2.34. The van der Waals surface area contributed by atoms with Crippen LogP contribution < -0.4 is 14.5 Å². The van der Waals surface area contributed by atoms with E-state index < -0.39 is 11.7 Å². The van der Waals surface area contributed by atoms with Gasteiger partial charge in [-0.25, -0.2) is 9.78 Å². The number of nitrogens with zero attached hydrogens (tertiary/aromatic N) is 3. The van der Waals surface area contributed by atoms with Gasteiger partial charge in [-0.1, -0.05) is 6.07 Å². The van der Waals surface area contributed by atoms with Crippen LogP contribution in [0.2, 0.25) is 0 Å². The van der Waals surface area contributed by atoms with Crippen molar-refractivity contribution in [1.82, 2.24) is 9.97 Å². The van der Waals surface area contributed by atoms with Crippen LogP contribution in [-0.2, 0) is 6.18 Å². The normalized spacial score (nSPS) is 14.4. The molecule has 33 heavy (non-hydrogen) atoms. The number of aromatic amines is 1. The van der Waals surface area contributed by atoms with Gasteiger partial charge in [-0.05, 0) is 61.0 Å². The van der Waals surface area contributed by atoms with Crippen molar-refractivity contribution in [2.75, 3.05) is 22.9 Å². The topological polar surface area (TPSA) is 61.5 Å². The summed E-state index contributed by atoms with van der Waals surface area (Å²) in [5.74, 6) is 1.29. The molecule has 4 aromatic rings. The number of alkyl halides is 3. The molecule has 2 amide bonds. The Kier molecular flexibility index (Phi) is 4.96. The third-order valence-corrected chi connectivity index (χ3v) is 5.60. The minimum atomic E-state index is -4.47. The Morgan fingerprint density at radius 3 is 2.45 bits per heavy atom. The van der Waals surface area contributed by atoms with Crippen molar-refractivity contribution in [3.8, 4) is 11.5 Å². The van der Waals surface area contributed by atoms with Gasteiger partial charge in [0.25, 0.3) is 0 Å². The number of hydrogen-bond donors (Lipinski definition) is 1. The van der Waals surface area contributed by atoms with Crippen LogP contribution in [0, 0.1) is 6.92 Å². The van der Waals surface area contributed by atoms with Gasteiger partial charge in [0.05, 0.1) is 10.9 Å². The van der Waals surface area contributed by atoms with E-state index in [1.54, 1.807) is 35.5 Å². The number of rotatable bonds is 4. The SMILES string of the molecule is Cc1cc(N2CCN(c3cccc(C(F)(F)F)c3)C2=O)ccc1Oc1ccnc2[nH]ccc12. The van der Waals surface area contributed by atoms with E-state index in [9.17, 15) is 18.0 Å². The summed E-state index contributed by atoms with van der Waals surface area (Å²) in [6.07, 6.45) is -1.02. The number of carbonyl (C=O) groups is 1. The van der Waals surface area contributed by atoms with Crippen molar-refractivity contribution in [1.29, 1.82) is 0 Å². The third-order valence-electron chi connectivity index (χ3n) is 5.60. The highest BCUT2D eigenvalue weighted by molar-refractivity contribution is 6.06. The molecule has 6 nitrogen and oxygen atoms in total. The average molecular weight is 452 g/mol. The molecule has 3 heterocycles. The number of anilines is 2. The van der Waals surface area contributed by atoms with Crippen molar-refractivity contribution in [3.05, 3.63) is 78.1 Å². The van der Waals surface area contributed by atoms with Crippen LogP contribution in [0.1, 0.15) is 11.1 Å². The number of hydrogen-bond acceptors (Lipinski definition) is 3. The summed E-state index contributed by atoms with van der Waals surface area (Å²) in [6, 6.07) is 13.5. The molecular weight excluding hydrogens is 433 g/mol. The van der Waals surface area contributed by atoms with Crippen LogP contribution >= 0.6 is 0 Å². The zero-order valence-corrected chi connectivity index (χ0v) is 17.6. The van der Waals surface area contributed by atoms with Crippen LogP contribution in [0.4, 0.5) is 29.3 Å². The van der Waals surface area contributed by atoms with Gasteiger partial charge in [0.1, 0.15) is 17.1 Å². The molecule has 2 aromatic heterocycles. The molecule has 0 bridgehead atoms. The number of nitrogens with one attached hydrogen (secondary N) is 1. The third kappa shape index (κ3) is 3.86. The number of aromatic nitrogens is 2. The van der Waals surface area contributed by atoms with Gasteiger partial charge in [-0.3, -0.25) is 9.80 Å². The average Bonchev–Trinajstić information content (AvgIpc) is 3.42. The van der Waals surface area contributed by atoms with Crippen molar-refractivity contribution in [3.63, 3.8) is 0 Å². The number of carbonyl (C=O) groups excluding carboxylic acids is 1. The van der Waals surface area contributed by atoms with E-state index in [-0.39, 0.29) is 11.7 Å². The lowest BCUT2D eigenvalue weighted by Gasteiger charge is -2.20. The first kappa shape index (κ1) is 20.9. The van der Waals surface area contributed by atoms with E-state index in [4.69, 9.17) is 4.74 Å². The molecule has 1 fully saturated rings. The smallest absolute Gasteiger partial charge is 0.416 e. The van der Waals surface area contributed by atoms with Gasteiger partial charge in [0.15, 0.2) is 0 Å². The Morgan fingerprint density at radius 2 is 1.73 bits per heavy atom. The van der Waals surface area contributed by atoms with E-state index in [0.717, 1.165) is 28.7 Å². The predicted octanol–water partition coefficient (Wildman–Crippen LogP) is 6.13. The second-order valence-corrected chi connectivity index (χ2v) is 7.73. The maximum Gasteiger partial charge on any atom is 0.416 e. The Labute approximate surface area is 187 Å². The minimum absolute atomic E-state index is 0.224. The van der Waals surface area contributed by atoms with Crippen LogP contribution in [0.3, 0.4) is 0 Å². The van der Waals surface area contributed by atoms with E-state index in [0.29, 0.717) is 30.3 Å².